The minimum absolute atomic E-state index is 0.275. The van der Waals surface area contributed by atoms with Gasteiger partial charge in [-0.2, -0.15) is 4.98 Å². The van der Waals surface area contributed by atoms with E-state index in [2.05, 4.69) is 26.7 Å². The molecule has 0 spiro atoms. The Balaban J connectivity index is 1.87. The second-order valence-corrected chi connectivity index (χ2v) is 5.53. The highest BCUT2D eigenvalue weighted by molar-refractivity contribution is 7.10. The number of nitrogens with one attached hydrogen (secondary N) is 1. The fourth-order valence-electron chi connectivity index (χ4n) is 2.46. The number of aromatic nitrogens is 2. The van der Waals surface area contributed by atoms with Crippen LogP contribution in [0, 0.1) is 0 Å². The van der Waals surface area contributed by atoms with Gasteiger partial charge in [-0.15, -0.1) is 11.3 Å². The van der Waals surface area contributed by atoms with Crippen LogP contribution in [-0.4, -0.2) is 17.1 Å². The van der Waals surface area contributed by atoms with E-state index in [1.165, 1.54) is 29.6 Å². The molecule has 0 amide bonds. The second-order valence-electron chi connectivity index (χ2n) is 4.53. The van der Waals surface area contributed by atoms with E-state index in [4.69, 9.17) is 10.5 Å². The van der Waals surface area contributed by atoms with Gasteiger partial charge in [-0.3, -0.25) is 0 Å². The van der Waals surface area contributed by atoms with Crippen molar-refractivity contribution in [2.45, 2.75) is 25.3 Å². The Kier molecular flexibility index (Phi) is 3.25. The highest BCUT2D eigenvalue weighted by Gasteiger charge is 2.22. The lowest BCUT2D eigenvalue weighted by Gasteiger charge is -2.24. The van der Waals surface area contributed by atoms with Crippen LogP contribution in [0.3, 0.4) is 0 Å². The molecule has 0 bridgehead atoms. The van der Waals surface area contributed by atoms with E-state index >= 15 is 0 Å². The van der Waals surface area contributed by atoms with Crippen molar-refractivity contribution in [3.63, 3.8) is 0 Å². The standard InChI is InChI=1S/C13H16N4OS/c1-18-13-11(14)12(15-7-16-13)17-9-3-2-4-10-8(9)5-6-19-10/h5-7,9H,2-4,14H2,1H3,(H,15,16,17). The lowest BCUT2D eigenvalue weighted by atomic mass is 9.94. The Morgan fingerprint density at radius 2 is 2.37 bits per heavy atom. The minimum Gasteiger partial charge on any atom is -0.479 e. The van der Waals surface area contributed by atoms with E-state index in [9.17, 15) is 0 Å². The van der Waals surface area contributed by atoms with Gasteiger partial charge in [-0.1, -0.05) is 0 Å². The topological polar surface area (TPSA) is 73.1 Å². The molecule has 0 saturated carbocycles. The van der Waals surface area contributed by atoms with E-state index < -0.39 is 0 Å². The van der Waals surface area contributed by atoms with Crippen molar-refractivity contribution in [1.82, 2.24) is 9.97 Å². The zero-order chi connectivity index (χ0) is 13.2. The van der Waals surface area contributed by atoms with Crippen LogP contribution in [0.2, 0.25) is 0 Å². The summed E-state index contributed by atoms with van der Waals surface area (Å²) in [6.45, 7) is 0. The molecular weight excluding hydrogens is 260 g/mol. The number of anilines is 2. The van der Waals surface area contributed by atoms with Gasteiger partial charge in [-0.05, 0) is 36.3 Å². The molecule has 19 heavy (non-hydrogen) atoms. The number of aryl methyl sites for hydroxylation is 1. The molecule has 2 heterocycles. The van der Waals surface area contributed by atoms with E-state index in [0.717, 1.165) is 6.42 Å². The van der Waals surface area contributed by atoms with Crippen molar-refractivity contribution in [2.75, 3.05) is 18.2 Å². The molecule has 0 aromatic carbocycles. The van der Waals surface area contributed by atoms with E-state index in [1.54, 1.807) is 7.11 Å². The third-order valence-corrected chi connectivity index (χ3v) is 4.40. The van der Waals surface area contributed by atoms with Crippen LogP contribution in [-0.2, 0) is 6.42 Å². The molecule has 3 rings (SSSR count). The van der Waals surface area contributed by atoms with Gasteiger partial charge in [0, 0.05) is 4.88 Å². The number of ether oxygens (including phenoxy) is 1. The molecule has 1 aliphatic rings. The van der Waals surface area contributed by atoms with Crippen molar-refractivity contribution in [3.05, 3.63) is 28.2 Å². The van der Waals surface area contributed by atoms with Gasteiger partial charge in [0.25, 0.3) is 0 Å². The predicted molar refractivity (Wildman–Crippen MR) is 76.6 cm³/mol. The van der Waals surface area contributed by atoms with Crippen LogP contribution in [0.1, 0.15) is 29.3 Å². The lowest BCUT2D eigenvalue weighted by Crippen LogP contribution is -2.17. The summed E-state index contributed by atoms with van der Waals surface area (Å²) in [5, 5.41) is 5.56. The molecule has 0 fully saturated rings. The normalized spacial score (nSPS) is 17.8. The predicted octanol–water partition coefficient (Wildman–Crippen LogP) is 2.62. The highest BCUT2D eigenvalue weighted by Crippen LogP contribution is 2.36. The highest BCUT2D eigenvalue weighted by atomic mass is 32.1. The summed E-state index contributed by atoms with van der Waals surface area (Å²) in [4.78, 5) is 9.66. The molecule has 5 nitrogen and oxygen atoms in total. The van der Waals surface area contributed by atoms with Crippen LogP contribution in [0.25, 0.3) is 0 Å². The van der Waals surface area contributed by atoms with Crippen molar-refractivity contribution >= 4 is 22.8 Å². The van der Waals surface area contributed by atoms with Crippen molar-refractivity contribution in [1.29, 1.82) is 0 Å². The first-order valence-corrected chi connectivity index (χ1v) is 7.15. The van der Waals surface area contributed by atoms with Crippen LogP contribution >= 0.6 is 11.3 Å². The number of nitrogens with two attached hydrogens (primary N) is 1. The molecule has 2 aromatic heterocycles. The van der Waals surface area contributed by atoms with Gasteiger partial charge in [0.2, 0.25) is 5.88 Å². The quantitative estimate of drug-likeness (QED) is 0.901. The summed E-state index contributed by atoms with van der Waals surface area (Å²) in [7, 11) is 1.56. The van der Waals surface area contributed by atoms with Crippen LogP contribution in [0.5, 0.6) is 5.88 Å². The zero-order valence-corrected chi connectivity index (χ0v) is 11.5. The fourth-order valence-corrected chi connectivity index (χ4v) is 3.45. The van der Waals surface area contributed by atoms with Gasteiger partial charge in [-0.25, -0.2) is 4.98 Å². The smallest absolute Gasteiger partial charge is 0.242 e. The van der Waals surface area contributed by atoms with E-state index in [-0.39, 0.29) is 6.04 Å². The summed E-state index contributed by atoms with van der Waals surface area (Å²) in [6.07, 6.45) is 4.92. The largest absolute Gasteiger partial charge is 0.479 e. The van der Waals surface area contributed by atoms with Crippen LogP contribution in [0.15, 0.2) is 17.8 Å². The minimum atomic E-state index is 0.275. The summed E-state index contributed by atoms with van der Waals surface area (Å²) in [6, 6.07) is 2.46. The van der Waals surface area contributed by atoms with Crippen molar-refractivity contribution < 1.29 is 4.74 Å². The third kappa shape index (κ3) is 2.23. The number of fused-ring (bicyclic) bond motifs is 1. The first-order chi connectivity index (χ1) is 9.29. The van der Waals surface area contributed by atoms with Crippen LogP contribution in [0.4, 0.5) is 11.5 Å². The Morgan fingerprint density at radius 1 is 1.47 bits per heavy atom. The molecule has 6 heteroatoms. The number of hydrogen-bond donors (Lipinski definition) is 2. The molecule has 3 N–H and O–H groups in total. The van der Waals surface area contributed by atoms with Crippen LogP contribution < -0.4 is 15.8 Å². The lowest BCUT2D eigenvalue weighted by molar-refractivity contribution is 0.399. The van der Waals surface area contributed by atoms with Gasteiger partial charge < -0.3 is 15.8 Å². The Bertz CT molecular complexity index is 584. The maximum absolute atomic E-state index is 6.00. The number of hydrogen-bond acceptors (Lipinski definition) is 6. The molecule has 0 aliphatic heterocycles. The number of nitrogens with zero attached hydrogens (tertiary/aromatic N) is 2. The molecule has 1 aliphatic carbocycles. The van der Waals surface area contributed by atoms with Gasteiger partial charge >= 0.3 is 0 Å². The van der Waals surface area contributed by atoms with Gasteiger partial charge in [0.05, 0.1) is 13.2 Å². The summed E-state index contributed by atoms with van der Waals surface area (Å²) in [5.41, 5.74) is 7.83. The Labute approximate surface area is 115 Å². The van der Waals surface area contributed by atoms with Gasteiger partial charge in [0.15, 0.2) is 5.82 Å². The zero-order valence-electron chi connectivity index (χ0n) is 10.7. The number of methoxy groups -OCH3 is 1. The summed E-state index contributed by atoms with van der Waals surface area (Å²) < 4.78 is 5.12. The first-order valence-electron chi connectivity index (χ1n) is 6.27. The Hall–Kier alpha value is -1.82. The molecule has 1 atom stereocenters. The molecular formula is C13H16N4OS. The summed E-state index contributed by atoms with van der Waals surface area (Å²) in [5.74, 6) is 1.06. The average molecular weight is 276 g/mol. The first kappa shape index (κ1) is 12.2. The number of rotatable bonds is 3. The SMILES string of the molecule is COc1ncnc(NC2CCCc3sccc32)c1N. The Morgan fingerprint density at radius 3 is 3.21 bits per heavy atom. The van der Waals surface area contributed by atoms with E-state index in [1.807, 2.05) is 11.3 Å². The second kappa shape index (κ2) is 5.05. The molecule has 0 saturated heterocycles. The van der Waals surface area contributed by atoms with Gasteiger partial charge in [0.1, 0.15) is 12.0 Å². The monoisotopic (exact) mass is 276 g/mol. The number of thiophene rings is 1. The van der Waals surface area contributed by atoms with Crippen molar-refractivity contribution in [3.8, 4) is 5.88 Å². The third-order valence-electron chi connectivity index (χ3n) is 3.40. The molecule has 2 aromatic rings. The van der Waals surface area contributed by atoms with Crippen molar-refractivity contribution in [2.24, 2.45) is 0 Å². The number of nitrogen functional groups attached to an aromatic ring is 1. The maximum atomic E-state index is 6.00. The fraction of sp³-hybridized carbons (Fsp3) is 0.385. The molecule has 1 unspecified atom stereocenters. The maximum Gasteiger partial charge on any atom is 0.242 e. The average Bonchev–Trinajstić information content (AvgIpc) is 2.90. The molecule has 0 radical (unpaired) electrons. The molecule has 100 valence electrons. The van der Waals surface area contributed by atoms with E-state index in [0.29, 0.717) is 17.4 Å². The summed E-state index contributed by atoms with van der Waals surface area (Å²) >= 11 is 1.82.